The van der Waals surface area contributed by atoms with E-state index in [1.54, 1.807) is 0 Å². The molecule has 0 radical (unpaired) electrons. The number of benzene rings is 1. The zero-order chi connectivity index (χ0) is 15.6. The average Bonchev–Trinajstić information content (AvgIpc) is 2.38. The Hall–Kier alpha value is -1.00. The van der Waals surface area contributed by atoms with Crippen LogP contribution in [0.15, 0.2) is 18.2 Å². The lowest BCUT2D eigenvalue weighted by molar-refractivity contribution is 0.0391. The fourth-order valence-corrected chi connectivity index (χ4v) is 3.98. The molecule has 0 heterocycles. The topological polar surface area (TPSA) is 15.3 Å². The first-order valence-corrected chi connectivity index (χ1v) is 7.70. The third kappa shape index (κ3) is 3.27. The van der Waals surface area contributed by atoms with Gasteiger partial charge in [-0.15, -0.1) is 0 Å². The molecule has 1 aliphatic rings. The molecule has 1 fully saturated rings. The molecular weight excluding hydrogens is 270 g/mol. The van der Waals surface area contributed by atoms with Crippen molar-refractivity contribution in [1.29, 1.82) is 0 Å². The lowest BCUT2D eigenvalue weighted by atomic mass is 9.69. The monoisotopic (exact) mass is 296 g/mol. The fraction of sp³-hybridized carbons (Fsp3) is 0.647. The van der Waals surface area contributed by atoms with Crippen molar-refractivity contribution in [2.24, 2.45) is 5.92 Å². The van der Waals surface area contributed by atoms with Crippen molar-refractivity contribution in [3.8, 4) is 0 Å². The van der Waals surface area contributed by atoms with Crippen molar-refractivity contribution in [1.82, 2.24) is 10.2 Å². The van der Waals surface area contributed by atoms with E-state index < -0.39 is 11.6 Å². The first-order valence-electron chi connectivity index (χ1n) is 7.70. The maximum Gasteiger partial charge on any atom is 0.126 e. The second-order valence-electron chi connectivity index (χ2n) is 6.62. The van der Waals surface area contributed by atoms with Gasteiger partial charge in [-0.25, -0.2) is 8.78 Å². The summed E-state index contributed by atoms with van der Waals surface area (Å²) in [6.07, 6.45) is 4.44. The van der Waals surface area contributed by atoms with Crippen LogP contribution in [0, 0.1) is 17.6 Å². The van der Waals surface area contributed by atoms with Gasteiger partial charge in [-0.3, -0.25) is 0 Å². The van der Waals surface area contributed by atoms with Gasteiger partial charge in [0.25, 0.3) is 0 Å². The van der Waals surface area contributed by atoms with Gasteiger partial charge in [0.2, 0.25) is 0 Å². The Labute approximate surface area is 126 Å². The van der Waals surface area contributed by atoms with Gasteiger partial charge in [-0.2, -0.15) is 0 Å². The Morgan fingerprint density at radius 1 is 1.24 bits per heavy atom. The van der Waals surface area contributed by atoms with E-state index in [4.69, 9.17) is 0 Å². The van der Waals surface area contributed by atoms with Crippen LogP contribution in [0.2, 0.25) is 0 Å². The predicted octanol–water partition coefficient (Wildman–Crippen LogP) is 3.74. The molecular formula is C17H26F2N2. The Balaban J connectivity index is 2.44. The fourth-order valence-electron chi connectivity index (χ4n) is 3.98. The second-order valence-corrected chi connectivity index (χ2v) is 6.62. The summed E-state index contributed by atoms with van der Waals surface area (Å²) in [6, 6.07) is 3.76. The van der Waals surface area contributed by atoms with Gasteiger partial charge in [0, 0.05) is 11.6 Å². The van der Waals surface area contributed by atoms with E-state index in [-0.39, 0.29) is 11.6 Å². The van der Waals surface area contributed by atoms with E-state index in [0.717, 1.165) is 25.3 Å². The highest BCUT2D eigenvalue weighted by molar-refractivity contribution is 5.26. The maximum absolute atomic E-state index is 13.6. The SMILES string of the molecule is CNC(c1cc(F)cc(F)c1)C1(N(C)C)CCCC(C)C1. The van der Waals surface area contributed by atoms with Gasteiger partial charge in [-0.05, 0) is 57.6 Å². The van der Waals surface area contributed by atoms with Crippen LogP contribution >= 0.6 is 0 Å². The number of rotatable bonds is 4. The summed E-state index contributed by atoms with van der Waals surface area (Å²) in [5.41, 5.74) is 0.588. The largest absolute Gasteiger partial charge is 0.311 e. The average molecular weight is 296 g/mol. The second kappa shape index (κ2) is 6.41. The summed E-state index contributed by atoms with van der Waals surface area (Å²) in [5, 5.41) is 3.31. The highest BCUT2D eigenvalue weighted by Gasteiger charge is 2.43. The van der Waals surface area contributed by atoms with Crippen LogP contribution in [0.4, 0.5) is 8.78 Å². The van der Waals surface area contributed by atoms with E-state index in [0.29, 0.717) is 11.5 Å². The third-order valence-corrected chi connectivity index (χ3v) is 4.94. The maximum atomic E-state index is 13.6. The van der Waals surface area contributed by atoms with E-state index in [9.17, 15) is 8.78 Å². The molecule has 3 atom stereocenters. The molecule has 1 saturated carbocycles. The molecule has 0 amide bonds. The van der Waals surface area contributed by atoms with Crippen LogP contribution in [0.1, 0.15) is 44.2 Å². The van der Waals surface area contributed by atoms with Crippen molar-refractivity contribution in [2.75, 3.05) is 21.1 Å². The molecule has 2 rings (SSSR count). The van der Waals surface area contributed by atoms with Crippen molar-refractivity contribution in [3.05, 3.63) is 35.4 Å². The Kier molecular flexibility index (Phi) is 4.99. The van der Waals surface area contributed by atoms with Crippen molar-refractivity contribution >= 4 is 0 Å². The van der Waals surface area contributed by atoms with Gasteiger partial charge in [0.15, 0.2) is 0 Å². The van der Waals surface area contributed by atoms with Crippen LogP contribution in [-0.4, -0.2) is 31.6 Å². The molecule has 21 heavy (non-hydrogen) atoms. The highest BCUT2D eigenvalue weighted by atomic mass is 19.1. The van der Waals surface area contributed by atoms with E-state index >= 15 is 0 Å². The molecule has 1 aliphatic carbocycles. The minimum atomic E-state index is -0.511. The van der Waals surface area contributed by atoms with Crippen LogP contribution in [0.5, 0.6) is 0 Å². The number of hydrogen-bond acceptors (Lipinski definition) is 2. The quantitative estimate of drug-likeness (QED) is 0.910. The van der Waals surface area contributed by atoms with Crippen LogP contribution in [0.3, 0.4) is 0 Å². The Morgan fingerprint density at radius 3 is 2.33 bits per heavy atom. The molecule has 3 unspecified atom stereocenters. The van der Waals surface area contributed by atoms with Crippen molar-refractivity contribution in [3.63, 3.8) is 0 Å². The van der Waals surface area contributed by atoms with Gasteiger partial charge >= 0.3 is 0 Å². The first kappa shape index (κ1) is 16.4. The molecule has 0 saturated heterocycles. The Bertz CT molecular complexity index is 469. The summed E-state index contributed by atoms with van der Waals surface area (Å²) < 4.78 is 27.2. The smallest absolute Gasteiger partial charge is 0.126 e. The Morgan fingerprint density at radius 2 is 1.86 bits per heavy atom. The molecule has 1 aromatic carbocycles. The standard InChI is InChI=1S/C17H26F2N2/c1-12-6-5-7-17(11-12,21(3)4)16(20-2)13-8-14(18)10-15(19)9-13/h8-10,12,16,20H,5-7,11H2,1-4H3. The summed E-state index contributed by atoms with van der Waals surface area (Å²) in [6.45, 7) is 2.26. The lowest BCUT2D eigenvalue weighted by Gasteiger charge is -2.50. The molecule has 0 bridgehead atoms. The molecule has 0 aliphatic heterocycles. The van der Waals surface area contributed by atoms with Crippen molar-refractivity contribution < 1.29 is 8.78 Å². The number of halogens is 2. The lowest BCUT2D eigenvalue weighted by Crippen LogP contribution is -2.55. The van der Waals surface area contributed by atoms with Crippen LogP contribution < -0.4 is 5.32 Å². The molecule has 2 nitrogen and oxygen atoms in total. The first-order chi connectivity index (χ1) is 9.89. The number of hydrogen-bond donors (Lipinski definition) is 1. The molecule has 4 heteroatoms. The van der Waals surface area contributed by atoms with E-state index in [1.165, 1.54) is 18.6 Å². The normalized spacial score (nSPS) is 27.9. The van der Waals surface area contributed by atoms with Gasteiger partial charge < -0.3 is 10.2 Å². The van der Waals surface area contributed by atoms with Gasteiger partial charge in [0.05, 0.1) is 6.04 Å². The predicted molar refractivity (Wildman–Crippen MR) is 82.2 cm³/mol. The van der Waals surface area contributed by atoms with Gasteiger partial charge in [0.1, 0.15) is 11.6 Å². The summed E-state index contributed by atoms with van der Waals surface area (Å²) in [7, 11) is 6.01. The minimum absolute atomic E-state index is 0.0829. The molecule has 1 aromatic rings. The van der Waals surface area contributed by atoms with Gasteiger partial charge in [-0.1, -0.05) is 19.8 Å². The third-order valence-electron chi connectivity index (χ3n) is 4.94. The van der Waals surface area contributed by atoms with Crippen LogP contribution in [-0.2, 0) is 0 Å². The highest BCUT2D eigenvalue weighted by Crippen LogP contribution is 2.44. The van der Waals surface area contributed by atoms with E-state index in [2.05, 4.69) is 31.2 Å². The van der Waals surface area contributed by atoms with Crippen molar-refractivity contribution in [2.45, 2.75) is 44.2 Å². The number of likely N-dealkylation sites (N-methyl/N-ethyl adjacent to an activating group) is 2. The summed E-state index contributed by atoms with van der Waals surface area (Å²) in [4.78, 5) is 2.23. The zero-order valence-corrected chi connectivity index (χ0v) is 13.4. The molecule has 1 N–H and O–H groups in total. The summed E-state index contributed by atoms with van der Waals surface area (Å²) in [5.74, 6) is -0.401. The molecule has 118 valence electrons. The zero-order valence-electron chi connectivity index (χ0n) is 13.4. The summed E-state index contributed by atoms with van der Waals surface area (Å²) >= 11 is 0. The van der Waals surface area contributed by atoms with E-state index in [1.807, 2.05) is 7.05 Å². The molecule has 0 aromatic heterocycles. The number of nitrogens with zero attached hydrogens (tertiary/aromatic N) is 1. The van der Waals surface area contributed by atoms with Crippen LogP contribution in [0.25, 0.3) is 0 Å². The minimum Gasteiger partial charge on any atom is -0.311 e. The number of nitrogens with one attached hydrogen (secondary N) is 1. The molecule has 0 spiro atoms.